The Morgan fingerprint density at radius 1 is 1.10 bits per heavy atom. The second kappa shape index (κ2) is 7.22. The molecule has 0 aliphatic rings. The number of aryl methyl sites for hydroxylation is 1. The van der Waals surface area contributed by atoms with Crippen LogP contribution in [0.1, 0.15) is 37.9 Å². The maximum atomic E-state index is 8.23. The molecule has 2 aromatic rings. The van der Waals surface area contributed by atoms with E-state index in [9.17, 15) is 0 Å². The van der Waals surface area contributed by atoms with Gasteiger partial charge in [-0.1, -0.05) is 54.6 Å². The molecule has 0 bridgehead atoms. The van der Waals surface area contributed by atoms with Crippen molar-refractivity contribution in [2.45, 2.75) is 13.0 Å². The number of rotatable bonds is 6. The Morgan fingerprint density at radius 2 is 1.85 bits per heavy atom. The molecule has 0 aromatic heterocycles. The molecule has 0 fully saturated rings. The van der Waals surface area contributed by atoms with E-state index in [2.05, 4.69) is 0 Å². The molecule has 0 heterocycles. The average molecular weight is 280 g/mol. The van der Waals surface area contributed by atoms with Gasteiger partial charge in [0.15, 0.2) is 0 Å². The molecule has 2 heteroatoms. The summed E-state index contributed by atoms with van der Waals surface area (Å²) in [5, 5.41) is 0. The molecule has 0 amide bonds. The van der Waals surface area contributed by atoms with Crippen LogP contribution in [0.25, 0.3) is 0 Å². The van der Waals surface area contributed by atoms with Gasteiger partial charge < -0.3 is 9.64 Å². The fraction of sp³-hybridized carbons (Fsp3) is 0.333. The Balaban J connectivity index is 2.51. The highest BCUT2D eigenvalue weighted by Gasteiger charge is 2.16. The van der Waals surface area contributed by atoms with Gasteiger partial charge in [-0.3, -0.25) is 0 Å². The summed E-state index contributed by atoms with van der Waals surface area (Å²) in [6, 6.07) is 14.3. The predicted octanol–water partition coefficient (Wildman–Crippen LogP) is 3.66. The van der Waals surface area contributed by atoms with Crippen molar-refractivity contribution >= 4 is 0 Å². The zero-order chi connectivity index (χ0) is 23.7. The number of likely N-dealkylation sites (N-methyl/N-ethyl adjacent to an activating group) is 1. The Labute approximate surface area is 137 Å². The van der Waals surface area contributed by atoms with Gasteiger partial charge in [-0.05, 0) is 37.5 Å². The molecular formula is C18H23NO. The van der Waals surface area contributed by atoms with Crippen molar-refractivity contribution in [3.05, 3.63) is 71.3 Å². The second-order valence-electron chi connectivity index (χ2n) is 4.23. The zero-order valence-corrected chi connectivity index (χ0v) is 10.8. The van der Waals surface area contributed by atoms with E-state index < -0.39 is 40.0 Å². The van der Waals surface area contributed by atoms with Crippen LogP contribution in [-0.2, 0) is 4.74 Å². The first-order chi connectivity index (χ1) is 14.0. The molecule has 2 rings (SSSR count). The standard InChI is InChI=1S/C18H23NO/c1-15-9-7-8-12-17(15)18(20-14-13-19(2)3)16-10-5-4-6-11-16/h4-12,18H,13-14H2,1-3H3/i1D3,2D3,3D3,14D2. The molecule has 0 saturated heterocycles. The van der Waals surface area contributed by atoms with E-state index in [0.717, 1.165) is 0 Å². The molecule has 0 saturated carbocycles. The molecule has 106 valence electrons. The van der Waals surface area contributed by atoms with Gasteiger partial charge in [0.1, 0.15) is 6.10 Å². The van der Waals surface area contributed by atoms with Gasteiger partial charge in [0.05, 0.1) is 9.30 Å². The van der Waals surface area contributed by atoms with Crippen LogP contribution >= 0.6 is 0 Å². The molecule has 20 heavy (non-hydrogen) atoms. The summed E-state index contributed by atoms with van der Waals surface area (Å²) in [5.74, 6) is 0. The largest absolute Gasteiger partial charge is 0.367 e. The van der Waals surface area contributed by atoms with Crippen molar-refractivity contribution in [2.24, 2.45) is 0 Å². The van der Waals surface area contributed by atoms with Crippen LogP contribution in [0.2, 0.25) is 0 Å². The minimum Gasteiger partial charge on any atom is -0.367 e. The quantitative estimate of drug-likeness (QED) is 0.800. The molecule has 0 aliphatic carbocycles. The smallest absolute Gasteiger partial charge is 0.108 e. The summed E-state index contributed by atoms with van der Waals surface area (Å²) in [6.45, 7) is -12.5. The van der Waals surface area contributed by atoms with Gasteiger partial charge in [0, 0.05) is 18.9 Å². The molecular weight excluding hydrogens is 246 g/mol. The maximum Gasteiger partial charge on any atom is 0.108 e. The highest BCUT2D eigenvalue weighted by molar-refractivity contribution is 5.35. The topological polar surface area (TPSA) is 12.5 Å². The van der Waals surface area contributed by atoms with Gasteiger partial charge in [-0.25, -0.2) is 0 Å². The van der Waals surface area contributed by atoms with Gasteiger partial charge in [0.2, 0.25) is 0 Å². The third-order valence-electron chi connectivity index (χ3n) is 2.77. The summed E-state index contributed by atoms with van der Waals surface area (Å²) < 4.78 is 90.2. The first kappa shape index (κ1) is 6.00. The summed E-state index contributed by atoms with van der Waals surface area (Å²) in [4.78, 5) is 0.0672. The third kappa shape index (κ3) is 3.92. The third-order valence-corrected chi connectivity index (χ3v) is 2.77. The van der Waals surface area contributed by atoms with E-state index in [1.54, 1.807) is 36.4 Å². The Bertz CT molecular complexity index is 845. The van der Waals surface area contributed by atoms with Crippen LogP contribution in [0.3, 0.4) is 0 Å². The van der Waals surface area contributed by atoms with Gasteiger partial charge in [-0.2, -0.15) is 0 Å². The summed E-state index contributed by atoms with van der Waals surface area (Å²) in [7, 11) is 0. The van der Waals surface area contributed by atoms with Crippen molar-refractivity contribution in [1.82, 2.24) is 4.90 Å². The predicted molar refractivity (Wildman–Crippen MR) is 84.0 cm³/mol. The lowest BCUT2D eigenvalue weighted by molar-refractivity contribution is 0.0683. The Kier molecular flexibility index (Phi) is 2.17. The molecule has 2 aromatic carbocycles. The monoisotopic (exact) mass is 280 g/mol. The highest BCUT2D eigenvalue weighted by atomic mass is 16.5. The van der Waals surface area contributed by atoms with E-state index in [1.165, 1.54) is 18.2 Å². The molecule has 1 atom stereocenters. The Hall–Kier alpha value is -1.64. The molecule has 0 spiro atoms. The van der Waals surface area contributed by atoms with E-state index in [4.69, 9.17) is 19.8 Å². The number of hydrogen-bond acceptors (Lipinski definition) is 2. The van der Waals surface area contributed by atoms with Crippen LogP contribution in [0, 0.1) is 6.85 Å². The lowest BCUT2D eigenvalue weighted by atomic mass is 9.97. The Morgan fingerprint density at radius 3 is 2.60 bits per heavy atom. The van der Waals surface area contributed by atoms with Gasteiger partial charge in [-0.15, -0.1) is 0 Å². The van der Waals surface area contributed by atoms with Crippen molar-refractivity contribution in [2.75, 3.05) is 27.1 Å². The second-order valence-corrected chi connectivity index (χ2v) is 4.23. The summed E-state index contributed by atoms with van der Waals surface area (Å²) in [5.41, 5.74) is 0.549. The SMILES string of the molecule is [2H]C([2H])(CN(C([2H])([2H])[2H])C([2H])([2H])[2H])OC(c1ccccc1)c1ccccc1C([2H])([2H])[2H]. The number of benzene rings is 2. The van der Waals surface area contributed by atoms with Crippen LogP contribution in [0.4, 0.5) is 0 Å². The highest BCUT2D eigenvalue weighted by Crippen LogP contribution is 2.28. The average Bonchev–Trinajstić information content (AvgIpc) is 2.63. The van der Waals surface area contributed by atoms with Crippen LogP contribution in [0.5, 0.6) is 0 Å². The van der Waals surface area contributed by atoms with Crippen molar-refractivity contribution in [1.29, 1.82) is 0 Å². The lowest BCUT2D eigenvalue weighted by Crippen LogP contribution is -2.20. The van der Waals surface area contributed by atoms with Crippen molar-refractivity contribution < 1.29 is 19.8 Å². The summed E-state index contributed by atoms with van der Waals surface area (Å²) in [6.07, 6.45) is -1.22. The minimum atomic E-state index is -3.10. The van der Waals surface area contributed by atoms with Crippen LogP contribution in [-0.4, -0.2) is 32.0 Å². The van der Waals surface area contributed by atoms with E-state index >= 15 is 0 Å². The minimum absolute atomic E-state index is 0.0526. The first-order valence-electron chi connectivity index (χ1n) is 11.6. The van der Waals surface area contributed by atoms with E-state index in [-0.39, 0.29) is 16.0 Å². The normalized spacial score (nSPS) is 23.4. The molecule has 0 aliphatic heterocycles. The van der Waals surface area contributed by atoms with E-state index in [1.807, 2.05) is 0 Å². The number of nitrogens with zero attached hydrogens (tertiary/aromatic N) is 1. The molecule has 2 nitrogen and oxygen atoms in total. The van der Waals surface area contributed by atoms with E-state index in [0.29, 0.717) is 5.56 Å². The van der Waals surface area contributed by atoms with Gasteiger partial charge >= 0.3 is 0 Å². The first-order valence-corrected chi connectivity index (χ1v) is 6.12. The molecule has 1 unspecified atom stereocenters. The number of hydrogen-bond donors (Lipinski definition) is 0. The lowest BCUT2D eigenvalue weighted by Gasteiger charge is -2.22. The van der Waals surface area contributed by atoms with Crippen LogP contribution < -0.4 is 0 Å². The van der Waals surface area contributed by atoms with Crippen LogP contribution in [0.15, 0.2) is 54.6 Å². The fourth-order valence-corrected chi connectivity index (χ4v) is 1.85. The fourth-order valence-electron chi connectivity index (χ4n) is 1.85. The van der Waals surface area contributed by atoms with Crippen molar-refractivity contribution in [3.63, 3.8) is 0 Å². The zero-order valence-electron chi connectivity index (χ0n) is 21.8. The maximum absolute atomic E-state index is 8.23. The number of ether oxygens (including phenoxy) is 1. The summed E-state index contributed by atoms with van der Waals surface area (Å²) >= 11 is 0. The van der Waals surface area contributed by atoms with Gasteiger partial charge in [0.25, 0.3) is 0 Å². The molecule has 0 radical (unpaired) electrons. The molecule has 0 N–H and O–H groups in total. The van der Waals surface area contributed by atoms with Crippen molar-refractivity contribution in [3.8, 4) is 0 Å².